The Balaban J connectivity index is 3.41. The van der Waals surface area contributed by atoms with E-state index in [1.165, 1.54) is 0 Å². The van der Waals surface area contributed by atoms with Crippen LogP contribution < -0.4 is 0 Å². The Bertz CT molecular complexity index is 547. The van der Waals surface area contributed by atoms with Crippen molar-refractivity contribution in [1.29, 1.82) is 0 Å². The van der Waals surface area contributed by atoms with Crippen molar-refractivity contribution in [3.05, 3.63) is 34.4 Å². The van der Waals surface area contributed by atoms with E-state index in [9.17, 15) is 14.7 Å². The molecular formula is C19H28O4. The van der Waals surface area contributed by atoms with Gasteiger partial charge in [0.05, 0.1) is 17.2 Å². The second-order valence-electron chi connectivity index (χ2n) is 6.09. The fraction of sp³-hybridized carbons (Fsp3) is 0.579. The number of aromatic carboxylic acids is 1. The Morgan fingerprint density at radius 3 is 2.22 bits per heavy atom. The van der Waals surface area contributed by atoms with Gasteiger partial charge in [0.1, 0.15) is 0 Å². The van der Waals surface area contributed by atoms with E-state index in [2.05, 4.69) is 13.8 Å². The summed E-state index contributed by atoms with van der Waals surface area (Å²) in [6.45, 7) is 7.74. The zero-order chi connectivity index (χ0) is 17.4. The molecule has 4 nitrogen and oxygen atoms in total. The van der Waals surface area contributed by atoms with Gasteiger partial charge in [-0.15, -0.1) is 0 Å². The third kappa shape index (κ3) is 5.38. The first-order valence-corrected chi connectivity index (χ1v) is 8.51. The van der Waals surface area contributed by atoms with Crippen LogP contribution in [0.2, 0.25) is 0 Å². The van der Waals surface area contributed by atoms with Crippen molar-refractivity contribution in [3.63, 3.8) is 0 Å². The standard InChI is InChI=1S/C19H28O4/c1-5-7-9-14-11-12-16(18(20)21)17(15(14)10-8-6-2)19(22)23-13(3)4/h11-13H,5-10H2,1-4H3,(H,20,21). The molecule has 1 aromatic carbocycles. The third-order valence-corrected chi connectivity index (χ3v) is 3.77. The monoisotopic (exact) mass is 320 g/mol. The molecule has 0 saturated carbocycles. The molecule has 0 bridgehead atoms. The molecule has 0 radical (unpaired) electrons. The van der Waals surface area contributed by atoms with Crippen molar-refractivity contribution in [2.24, 2.45) is 0 Å². The van der Waals surface area contributed by atoms with E-state index in [1.54, 1.807) is 19.9 Å². The molecule has 1 rings (SSSR count). The summed E-state index contributed by atoms with van der Waals surface area (Å²) in [6, 6.07) is 3.40. The summed E-state index contributed by atoms with van der Waals surface area (Å²) in [6.07, 6.45) is 5.27. The molecule has 0 atom stereocenters. The van der Waals surface area contributed by atoms with Gasteiger partial charge < -0.3 is 9.84 Å². The average molecular weight is 320 g/mol. The highest BCUT2D eigenvalue weighted by Crippen LogP contribution is 2.25. The van der Waals surface area contributed by atoms with Gasteiger partial charge in [0.15, 0.2) is 0 Å². The smallest absolute Gasteiger partial charge is 0.339 e. The normalized spacial score (nSPS) is 10.8. The van der Waals surface area contributed by atoms with Gasteiger partial charge in [-0.3, -0.25) is 0 Å². The molecule has 0 fully saturated rings. The topological polar surface area (TPSA) is 63.6 Å². The Morgan fingerprint density at radius 1 is 1.09 bits per heavy atom. The number of ether oxygens (including phenoxy) is 1. The van der Waals surface area contributed by atoms with Crippen molar-refractivity contribution >= 4 is 11.9 Å². The molecule has 0 aliphatic carbocycles. The number of rotatable bonds is 9. The summed E-state index contributed by atoms with van der Waals surface area (Å²) in [5, 5.41) is 9.46. The SMILES string of the molecule is CCCCc1ccc(C(=O)O)c(C(=O)OC(C)C)c1CCCC. The van der Waals surface area contributed by atoms with Gasteiger partial charge in [-0.2, -0.15) is 0 Å². The fourth-order valence-corrected chi connectivity index (χ4v) is 2.62. The maximum Gasteiger partial charge on any atom is 0.339 e. The van der Waals surface area contributed by atoms with Crippen molar-refractivity contribution in [1.82, 2.24) is 0 Å². The lowest BCUT2D eigenvalue weighted by atomic mass is 9.90. The van der Waals surface area contributed by atoms with Crippen molar-refractivity contribution in [3.8, 4) is 0 Å². The second kappa shape index (κ2) is 9.33. The Hall–Kier alpha value is -1.84. The molecule has 128 valence electrons. The average Bonchev–Trinajstić information content (AvgIpc) is 2.49. The summed E-state index contributed by atoms with van der Waals surface area (Å²) in [5.41, 5.74) is 2.21. The predicted octanol–water partition coefficient (Wildman–Crippen LogP) is 4.64. The fourth-order valence-electron chi connectivity index (χ4n) is 2.62. The second-order valence-corrected chi connectivity index (χ2v) is 6.09. The van der Waals surface area contributed by atoms with Gasteiger partial charge in [-0.25, -0.2) is 9.59 Å². The number of unbranched alkanes of at least 4 members (excludes halogenated alkanes) is 2. The van der Waals surface area contributed by atoms with Gasteiger partial charge in [-0.05, 0) is 56.7 Å². The van der Waals surface area contributed by atoms with E-state index in [-0.39, 0.29) is 17.2 Å². The van der Waals surface area contributed by atoms with Crippen molar-refractivity contribution < 1.29 is 19.4 Å². The maximum atomic E-state index is 12.5. The Morgan fingerprint density at radius 2 is 1.70 bits per heavy atom. The largest absolute Gasteiger partial charge is 0.478 e. The Kier molecular flexibility index (Phi) is 7.79. The zero-order valence-electron chi connectivity index (χ0n) is 14.6. The first kappa shape index (κ1) is 19.2. The van der Waals surface area contributed by atoms with Gasteiger partial charge in [0.2, 0.25) is 0 Å². The van der Waals surface area contributed by atoms with Crippen molar-refractivity contribution in [2.45, 2.75) is 72.3 Å². The number of esters is 1. The van der Waals surface area contributed by atoms with Crippen LogP contribution in [0.15, 0.2) is 12.1 Å². The minimum atomic E-state index is -1.08. The van der Waals surface area contributed by atoms with Crippen molar-refractivity contribution in [2.75, 3.05) is 0 Å². The number of hydrogen-bond acceptors (Lipinski definition) is 3. The van der Waals surface area contributed by atoms with E-state index < -0.39 is 11.9 Å². The van der Waals surface area contributed by atoms with Crippen LogP contribution in [0.1, 0.15) is 85.2 Å². The lowest BCUT2D eigenvalue weighted by molar-refractivity contribution is 0.0369. The molecule has 0 aliphatic rings. The summed E-state index contributed by atoms with van der Waals surface area (Å²) in [5.74, 6) is -1.61. The molecule has 1 aromatic rings. The minimum Gasteiger partial charge on any atom is -0.478 e. The number of carbonyl (C=O) groups excluding carboxylic acids is 1. The first-order valence-electron chi connectivity index (χ1n) is 8.51. The van der Waals surface area contributed by atoms with Gasteiger partial charge in [0, 0.05) is 0 Å². The van der Waals surface area contributed by atoms with Gasteiger partial charge in [-0.1, -0.05) is 32.8 Å². The minimum absolute atomic E-state index is 0.0435. The van der Waals surface area contributed by atoms with Crippen LogP contribution in [0.4, 0.5) is 0 Å². The predicted molar refractivity (Wildman–Crippen MR) is 91.2 cm³/mol. The van der Waals surface area contributed by atoms with Gasteiger partial charge in [0.25, 0.3) is 0 Å². The molecule has 4 heteroatoms. The number of benzene rings is 1. The maximum absolute atomic E-state index is 12.5. The number of carbonyl (C=O) groups is 2. The summed E-state index contributed by atoms with van der Waals surface area (Å²) in [4.78, 5) is 24.1. The van der Waals surface area contributed by atoms with E-state index in [1.807, 2.05) is 6.07 Å². The van der Waals surface area contributed by atoms with E-state index >= 15 is 0 Å². The molecule has 23 heavy (non-hydrogen) atoms. The highest BCUT2D eigenvalue weighted by Gasteiger charge is 2.24. The lowest BCUT2D eigenvalue weighted by Gasteiger charge is -2.18. The zero-order valence-corrected chi connectivity index (χ0v) is 14.6. The van der Waals surface area contributed by atoms with E-state index in [0.717, 1.165) is 43.2 Å². The lowest BCUT2D eigenvalue weighted by Crippen LogP contribution is -2.19. The molecule has 0 amide bonds. The molecule has 0 heterocycles. The van der Waals surface area contributed by atoms with Crippen LogP contribution in [0, 0.1) is 0 Å². The highest BCUT2D eigenvalue weighted by molar-refractivity contribution is 6.04. The third-order valence-electron chi connectivity index (χ3n) is 3.77. The number of carboxylic acid groups (broad SMARTS) is 1. The Labute approximate surface area is 138 Å². The molecule has 0 aliphatic heterocycles. The number of hydrogen-bond donors (Lipinski definition) is 1. The molecule has 0 aromatic heterocycles. The highest BCUT2D eigenvalue weighted by atomic mass is 16.5. The molecule has 0 unspecified atom stereocenters. The molecular weight excluding hydrogens is 292 g/mol. The summed E-state index contributed by atoms with van der Waals surface area (Å²) >= 11 is 0. The summed E-state index contributed by atoms with van der Waals surface area (Å²) in [7, 11) is 0. The molecule has 0 spiro atoms. The van der Waals surface area contributed by atoms with Crippen LogP contribution in [0.3, 0.4) is 0 Å². The summed E-state index contributed by atoms with van der Waals surface area (Å²) < 4.78 is 5.30. The van der Waals surface area contributed by atoms with Crippen LogP contribution in [0.25, 0.3) is 0 Å². The van der Waals surface area contributed by atoms with E-state index in [0.29, 0.717) is 6.42 Å². The number of carboxylic acids is 1. The van der Waals surface area contributed by atoms with Gasteiger partial charge >= 0.3 is 11.9 Å². The first-order chi connectivity index (χ1) is 10.9. The van der Waals surface area contributed by atoms with Crippen LogP contribution in [0.5, 0.6) is 0 Å². The molecule has 0 saturated heterocycles. The quantitative estimate of drug-likeness (QED) is 0.673. The van der Waals surface area contributed by atoms with Crippen LogP contribution >= 0.6 is 0 Å². The van der Waals surface area contributed by atoms with E-state index in [4.69, 9.17) is 4.74 Å². The number of aryl methyl sites for hydroxylation is 1. The molecule has 1 N–H and O–H groups in total. The van der Waals surface area contributed by atoms with Crippen LogP contribution in [-0.2, 0) is 17.6 Å². The van der Waals surface area contributed by atoms with Crippen LogP contribution in [-0.4, -0.2) is 23.1 Å².